The third-order valence-corrected chi connectivity index (χ3v) is 0.715. The van der Waals surface area contributed by atoms with Crippen LogP contribution < -0.4 is 0 Å². The molecule has 0 radical (unpaired) electrons. The van der Waals surface area contributed by atoms with Gasteiger partial charge in [0.1, 0.15) is 0 Å². The first-order chi connectivity index (χ1) is 5.77. The fraction of sp³-hybridized carbons (Fsp3) is 0. The number of rotatable bonds is 1. The first kappa shape index (κ1) is 10.1. The van der Waals surface area contributed by atoms with E-state index in [1.165, 1.54) is 0 Å². The average Bonchev–Trinajstić information content (AvgIpc) is 2.08. The van der Waals surface area contributed by atoms with Crippen molar-refractivity contribution >= 4 is 12.6 Å². The molecule has 1 aromatic heterocycles. The van der Waals surface area contributed by atoms with Gasteiger partial charge < -0.3 is 9.84 Å². The minimum absolute atomic E-state index is 0.150. The van der Waals surface area contributed by atoms with Crippen LogP contribution in [0.1, 0.15) is 0 Å². The van der Waals surface area contributed by atoms with Gasteiger partial charge in [0.05, 0.1) is 0 Å². The van der Waals surface area contributed by atoms with Gasteiger partial charge in [-0.3, -0.25) is 9.78 Å². The topological polar surface area (TPSA) is 76.5 Å². The van der Waals surface area contributed by atoms with E-state index in [9.17, 15) is 0 Å². The molecule has 1 heterocycles. The van der Waals surface area contributed by atoms with E-state index in [1.807, 2.05) is 18.2 Å². The Labute approximate surface area is 68.6 Å². The van der Waals surface area contributed by atoms with E-state index in [0.717, 1.165) is 0 Å². The highest BCUT2D eigenvalue weighted by Crippen LogP contribution is 1.73. The lowest BCUT2D eigenvalue weighted by Crippen LogP contribution is -1.95. The van der Waals surface area contributed by atoms with Crippen molar-refractivity contribution in [2.75, 3.05) is 0 Å². The Hall–Kier alpha value is -1.91. The van der Waals surface area contributed by atoms with Crippen LogP contribution in [0.25, 0.3) is 0 Å². The smallest absolute Gasteiger partial charge is 0.449 e. The van der Waals surface area contributed by atoms with Crippen LogP contribution in [-0.2, 0) is 9.53 Å². The molecule has 0 amide bonds. The number of carbonyl (C=O) groups is 2. The minimum Gasteiger partial charge on any atom is -0.449 e. The van der Waals surface area contributed by atoms with Gasteiger partial charge in [-0.1, -0.05) is 6.07 Å². The molecule has 0 aromatic carbocycles. The van der Waals surface area contributed by atoms with E-state index in [2.05, 4.69) is 9.72 Å². The molecule has 0 aliphatic carbocycles. The molecule has 0 saturated carbocycles. The highest BCUT2D eigenvalue weighted by atomic mass is 16.7. The summed E-state index contributed by atoms with van der Waals surface area (Å²) in [5.41, 5.74) is 0. The van der Waals surface area contributed by atoms with E-state index < -0.39 is 6.16 Å². The summed E-state index contributed by atoms with van der Waals surface area (Å²) in [6, 6.07) is 5.72. The van der Waals surface area contributed by atoms with E-state index in [1.54, 1.807) is 12.4 Å². The maximum atomic E-state index is 9.15. The van der Waals surface area contributed by atoms with Crippen molar-refractivity contribution in [1.29, 1.82) is 0 Å². The predicted molar refractivity (Wildman–Crippen MR) is 39.4 cm³/mol. The van der Waals surface area contributed by atoms with Crippen LogP contribution in [-0.4, -0.2) is 22.7 Å². The maximum absolute atomic E-state index is 9.15. The van der Waals surface area contributed by atoms with Crippen LogP contribution in [0.15, 0.2) is 30.6 Å². The third-order valence-electron chi connectivity index (χ3n) is 0.715. The van der Waals surface area contributed by atoms with Crippen LogP contribution in [0, 0.1) is 0 Å². The molecule has 5 nitrogen and oxygen atoms in total. The number of ether oxygens (including phenoxy) is 1. The van der Waals surface area contributed by atoms with Crippen molar-refractivity contribution in [3.63, 3.8) is 0 Å². The summed E-state index contributed by atoms with van der Waals surface area (Å²) >= 11 is 0. The zero-order chi connectivity index (χ0) is 9.23. The number of nitrogens with zero attached hydrogens (tertiary/aromatic N) is 1. The zero-order valence-electron chi connectivity index (χ0n) is 6.08. The van der Waals surface area contributed by atoms with Crippen LogP contribution >= 0.6 is 0 Å². The Morgan fingerprint density at radius 2 is 1.92 bits per heavy atom. The average molecular weight is 169 g/mol. The van der Waals surface area contributed by atoms with Crippen LogP contribution in [0.5, 0.6) is 0 Å². The molecule has 0 spiro atoms. The van der Waals surface area contributed by atoms with Gasteiger partial charge in [0.25, 0.3) is 0 Å². The molecule has 0 fully saturated rings. The zero-order valence-corrected chi connectivity index (χ0v) is 6.08. The first-order valence-corrected chi connectivity index (χ1v) is 2.95. The number of hydrogen-bond donors (Lipinski definition) is 1. The number of carbonyl (C=O) groups excluding carboxylic acids is 1. The summed E-state index contributed by atoms with van der Waals surface area (Å²) in [5.74, 6) is 0. The molecule has 0 aliphatic rings. The third kappa shape index (κ3) is 8.09. The summed E-state index contributed by atoms with van der Waals surface area (Å²) in [6.45, 7) is -0.150. The quantitative estimate of drug-likeness (QED) is 0.384. The SMILES string of the molecule is O=COC(=O)O.c1ccncc1. The standard InChI is InChI=1S/C5H5N.C2H2O4/c1-2-4-6-5-3-1;3-1-6-2(4)5/h1-5H;1H,(H,4,5). The van der Waals surface area contributed by atoms with Gasteiger partial charge >= 0.3 is 12.6 Å². The monoisotopic (exact) mass is 169 g/mol. The maximum Gasteiger partial charge on any atom is 0.513 e. The van der Waals surface area contributed by atoms with Gasteiger partial charge in [-0.2, -0.15) is 0 Å². The van der Waals surface area contributed by atoms with Gasteiger partial charge in [-0.15, -0.1) is 0 Å². The van der Waals surface area contributed by atoms with E-state index in [4.69, 9.17) is 14.7 Å². The molecule has 0 atom stereocenters. The first-order valence-electron chi connectivity index (χ1n) is 2.95. The molecule has 12 heavy (non-hydrogen) atoms. The summed E-state index contributed by atoms with van der Waals surface area (Å²) in [7, 11) is 0. The fourth-order valence-electron chi connectivity index (χ4n) is 0.354. The van der Waals surface area contributed by atoms with Gasteiger partial charge in [-0.25, -0.2) is 4.79 Å². The molecular formula is C7H7NO4. The van der Waals surface area contributed by atoms with Gasteiger partial charge in [-0.05, 0) is 12.1 Å². The molecule has 1 N–H and O–H groups in total. The Morgan fingerprint density at radius 1 is 1.33 bits per heavy atom. The van der Waals surface area contributed by atoms with Crippen molar-refractivity contribution < 1.29 is 19.4 Å². The molecular weight excluding hydrogens is 162 g/mol. The van der Waals surface area contributed by atoms with Crippen molar-refractivity contribution in [3.05, 3.63) is 30.6 Å². The molecule has 1 rings (SSSR count). The van der Waals surface area contributed by atoms with Gasteiger partial charge in [0.15, 0.2) is 0 Å². The Balaban J connectivity index is 0.000000202. The number of carboxylic acid groups (broad SMARTS) is 1. The van der Waals surface area contributed by atoms with Gasteiger partial charge in [0.2, 0.25) is 0 Å². The summed E-state index contributed by atoms with van der Waals surface area (Å²) in [5, 5.41) is 7.46. The molecule has 5 heteroatoms. The lowest BCUT2D eigenvalue weighted by molar-refractivity contribution is -0.124. The molecule has 64 valence electrons. The van der Waals surface area contributed by atoms with E-state index in [0.29, 0.717) is 0 Å². The summed E-state index contributed by atoms with van der Waals surface area (Å²) in [6.07, 6.45) is 1.92. The summed E-state index contributed by atoms with van der Waals surface area (Å²) < 4.78 is 3.28. The summed E-state index contributed by atoms with van der Waals surface area (Å²) in [4.78, 5) is 21.9. The normalized spacial score (nSPS) is 7.33. The molecule has 0 unspecified atom stereocenters. The molecule has 1 aromatic rings. The second-order valence-corrected chi connectivity index (χ2v) is 1.50. The van der Waals surface area contributed by atoms with Crippen molar-refractivity contribution in [2.45, 2.75) is 0 Å². The fourth-order valence-corrected chi connectivity index (χ4v) is 0.354. The minimum atomic E-state index is -1.58. The number of pyridine rings is 1. The second-order valence-electron chi connectivity index (χ2n) is 1.50. The second kappa shape index (κ2) is 7.20. The Bertz CT molecular complexity index is 197. The predicted octanol–water partition coefficient (Wildman–Crippen LogP) is 0.919. The molecule has 0 bridgehead atoms. The molecule has 0 aliphatic heterocycles. The van der Waals surface area contributed by atoms with Gasteiger partial charge in [0, 0.05) is 12.4 Å². The highest BCUT2D eigenvalue weighted by Gasteiger charge is 1.87. The number of aromatic nitrogens is 1. The van der Waals surface area contributed by atoms with Crippen LogP contribution in [0.3, 0.4) is 0 Å². The largest absolute Gasteiger partial charge is 0.513 e. The number of hydrogen-bond acceptors (Lipinski definition) is 4. The Morgan fingerprint density at radius 3 is 2.00 bits per heavy atom. The van der Waals surface area contributed by atoms with E-state index >= 15 is 0 Å². The van der Waals surface area contributed by atoms with Crippen molar-refractivity contribution in [3.8, 4) is 0 Å². The molecule has 0 saturated heterocycles. The van der Waals surface area contributed by atoms with Crippen LogP contribution in [0.4, 0.5) is 4.79 Å². The van der Waals surface area contributed by atoms with Crippen LogP contribution in [0.2, 0.25) is 0 Å². The van der Waals surface area contributed by atoms with E-state index in [-0.39, 0.29) is 6.47 Å². The van der Waals surface area contributed by atoms with Crippen molar-refractivity contribution in [2.24, 2.45) is 0 Å². The van der Waals surface area contributed by atoms with Crippen molar-refractivity contribution in [1.82, 2.24) is 4.98 Å². The lowest BCUT2D eigenvalue weighted by Gasteiger charge is -1.77. The Kier molecular flexibility index (Phi) is 6.05. The highest BCUT2D eigenvalue weighted by molar-refractivity contribution is 5.66. The lowest BCUT2D eigenvalue weighted by atomic mass is 10.5.